The van der Waals surface area contributed by atoms with E-state index in [2.05, 4.69) is 36.6 Å². The highest BCUT2D eigenvalue weighted by Crippen LogP contribution is 2.24. The number of aryl methyl sites for hydroxylation is 1. The first-order chi connectivity index (χ1) is 11.5. The number of carbonyl (C=O) groups is 2. The van der Waals surface area contributed by atoms with Gasteiger partial charge >= 0.3 is 6.03 Å². The van der Waals surface area contributed by atoms with Crippen LogP contribution in [0.15, 0.2) is 24.3 Å². The van der Waals surface area contributed by atoms with Crippen LogP contribution in [-0.2, 0) is 11.3 Å². The Balaban J connectivity index is 1.73. The molecular weight excluding hydrogens is 302 g/mol. The summed E-state index contributed by atoms with van der Waals surface area (Å²) in [4.78, 5) is 25.2. The van der Waals surface area contributed by atoms with Gasteiger partial charge in [0.25, 0.3) is 0 Å². The maximum atomic E-state index is 12.3. The number of benzene rings is 1. The third-order valence-corrected chi connectivity index (χ3v) is 4.83. The zero-order chi connectivity index (χ0) is 17.5. The molecule has 2 N–H and O–H groups in total. The Labute approximate surface area is 144 Å². The molecule has 1 aliphatic rings. The Bertz CT molecular complexity index is 565. The molecule has 0 aliphatic carbocycles. The zero-order valence-corrected chi connectivity index (χ0v) is 15.0. The number of rotatable bonds is 5. The molecule has 5 heteroatoms. The van der Waals surface area contributed by atoms with Gasteiger partial charge < -0.3 is 15.5 Å². The molecule has 0 radical (unpaired) electrons. The molecule has 2 rings (SSSR count). The first-order valence-electron chi connectivity index (χ1n) is 8.78. The number of urea groups is 1. The third kappa shape index (κ3) is 5.55. The van der Waals surface area contributed by atoms with Crippen molar-refractivity contribution in [2.45, 2.75) is 40.2 Å². The molecule has 0 saturated carbocycles. The van der Waals surface area contributed by atoms with E-state index in [0.717, 1.165) is 38.0 Å². The number of piperidine rings is 1. The van der Waals surface area contributed by atoms with Crippen LogP contribution in [0.3, 0.4) is 0 Å². The van der Waals surface area contributed by atoms with Gasteiger partial charge in [0.05, 0.1) is 0 Å². The smallest absolute Gasteiger partial charge is 0.317 e. The summed E-state index contributed by atoms with van der Waals surface area (Å²) in [5.41, 5.74) is 2.33. The lowest BCUT2D eigenvalue weighted by Crippen LogP contribution is -2.45. The highest BCUT2D eigenvalue weighted by Gasteiger charge is 2.26. The Morgan fingerprint density at radius 1 is 1.25 bits per heavy atom. The van der Waals surface area contributed by atoms with Gasteiger partial charge in [-0.05, 0) is 37.2 Å². The van der Waals surface area contributed by atoms with Crippen molar-refractivity contribution < 1.29 is 9.59 Å². The molecule has 1 aromatic carbocycles. The molecule has 24 heavy (non-hydrogen) atoms. The van der Waals surface area contributed by atoms with Crippen LogP contribution in [0.1, 0.15) is 37.8 Å². The van der Waals surface area contributed by atoms with Crippen molar-refractivity contribution in [3.8, 4) is 0 Å². The summed E-state index contributed by atoms with van der Waals surface area (Å²) in [7, 11) is 0. The molecule has 1 atom stereocenters. The summed E-state index contributed by atoms with van der Waals surface area (Å²) < 4.78 is 0. The molecule has 3 amide bonds. The van der Waals surface area contributed by atoms with E-state index >= 15 is 0 Å². The van der Waals surface area contributed by atoms with E-state index < -0.39 is 0 Å². The maximum absolute atomic E-state index is 12.3. The monoisotopic (exact) mass is 331 g/mol. The van der Waals surface area contributed by atoms with Crippen molar-refractivity contribution in [3.05, 3.63) is 35.4 Å². The number of hydrogen-bond acceptors (Lipinski definition) is 2. The molecule has 1 aliphatic heterocycles. The zero-order valence-electron chi connectivity index (χ0n) is 15.0. The van der Waals surface area contributed by atoms with Crippen molar-refractivity contribution in [2.24, 2.45) is 11.8 Å². The number of likely N-dealkylation sites (tertiary alicyclic amines) is 1. The Kier molecular flexibility index (Phi) is 6.64. The summed E-state index contributed by atoms with van der Waals surface area (Å²) in [6, 6.07) is 8.21. The minimum Gasteiger partial charge on any atom is -0.356 e. The quantitative estimate of drug-likeness (QED) is 0.871. The number of hydrogen-bond donors (Lipinski definition) is 2. The molecule has 1 saturated heterocycles. The SMILES string of the molecule is CC(=O)NCC(C)C1CCN(C(=O)NCc2cccc(C)c2)CC1. The Morgan fingerprint density at radius 2 is 1.96 bits per heavy atom. The van der Waals surface area contributed by atoms with Crippen LogP contribution in [0.2, 0.25) is 0 Å². The fourth-order valence-corrected chi connectivity index (χ4v) is 3.25. The second kappa shape index (κ2) is 8.71. The second-order valence-corrected chi connectivity index (χ2v) is 6.89. The molecule has 0 bridgehead atoms. The van der Waals surface area contributed by atoms with Gasteiger partial charge in [-0.1, -0.05) is 36.8 Å². The predicted octanol–water partition coefficient (Wildman–Crippen LogP) is 2.69. The van der Waals surface area contributed by atoms with Gasteiger partial charge in [-0.3, -0.25) is 4.79 Å². The summed E-state index contributed by atoms with van der Waals surface area (Å²) in [6.45, 7) is 8.64. The topological polar surface area (TPSA) is 61.4 Å². The van der Waals surface area contributed by atoms with Crippen molar-refractivity contribution in [3.63, 3.8) is 0 Å². The molecule has 1 fully saturated rings. The van der Waals surface area contributed by atoms with Gasteiger partial charge in [-0.15, -0.1) is 0 Å². The van der Waals surface area contributed by atoms with Crippen LogP contribution in [0, 0.1) is 18.8 Å². The molecule has 1 heterocycles. The predicted molar refractivity (Wildman–Crippen MR) is 95.6 cm³/mol. The lowest BCUT2D eigenvalue weighted by Gasteiger charge is -2.35. The van der Waals surface area contributed by atoms with Gasteiger partial charge in [0.2, 0.25) is 5.91 Å². The molecular formula is C19H29N3O2. The van der Waals surface area contributed by atoms with Gasteiger partial charge in [0.1, 0.15) is 0 Å². The molecule has 1 aromatic rings. The third-order valence-electron chi connectivity index (χ3n) is 4.83. The van der Waals surface area contributed by atoms with E-state index in [0.29, 0.717) is 18.4 Å². The second-order valence-electron chi connectivity index (χ2n) is 6.89. The average molecular weight is 331 g/mol. The maximum Gasteiger partial charge on any atom is 0.317 e. The van der Waals surface area contributed by atoms with E-state index in [9.17, 15) is 9.59 Å². The van der Waals surface area contributed by atoms with Gasteiger partial charge in [0.15, 0.2) is 0 Å². The van der Waals surface area contributed by atoms with Crippen LogP contribution in [0.4, 0.5) is 4.79 Å². The van der Waals surface area contributed by atoms with Crippen LogP contribution in [0.5, 0.6) is 0 Å². The number of nitrogens with one attached hydrogen (secondary N) is 2. The number of carbonyl (C=O) groups excluding carboxylic acids is 2. The van der Waals surface area contributed by atoms with E-state index in [1.807, 2.05) is 17.0 Å². The average Bonchev–Trinajstić information content (AvgIpc) is 2.57. The normalized spacial score (nSPS) is 16.5. The van der Waals surface area contributed by atoms with Crippen molar-refractivity contribution in [2.75, 3.05) is 19.6 Å². The van der Waals surface area contributed by atoms with Crippen LogP contribution in [-0.4, -0.2) is 36.5 Å². The van der Waals surface area contributed by atoms with Gasteiger partial charge in [0, 0.05) is 33.1 Å². The minimum atomic E-state index is 0.0180. The van der Waals surface area contributed by atoms with E-state index in [4.69, 9.17) is 0 Å². The van der Waals surface area contributed by atoms with Crippen LogP contribution in [0.25, 0.3) is 0 Å². The summed E-state index contributed by atoms with van der Waals surface area (Å²) in [5.74, 6) is 1.04. The van der Waals surface area contributed by atoms with E-state index in [-0.39, 0.29) is 11.9 Å². The highest BCUT2D eigenvalue weighted by atomic mass is 16.2. The summed E-state index contributed by atoms with van der Waals surface area (Å²) in [6.07, 6.45) is 2.00. The van der Waals surface area contributed by atoms with Crippen molar-refractivity contribution in [1.82, 2.24) is 15.5 Å². The lowest BCUT2D eigenvalue weighted by atomic mass is 9.85. The van der Waals surface area contributed by atoms with Crippen LogP contribution >= 0.6 is 0 Å². The molecule has 5 nitrogen and oxygen atoms in total. The van der Waals surface area contributed by atoms with E-state index in [1.54, 1.807) is 6.92 Å². The minimum absolute atomic E-state index is 0.0180. The molecule has 0 spiro atoms. The fourth-order valence-electron chi connectivity index (χ4n) is 3.25. The fraction of sp³-hybridized carbons (Fsp3) is 0.579. The number of amides is 3. The molecule has 0 aromatic heterocycles. The number of nitrogens with zero attached hydrogens (tertiary/aromatic N) is 1. The Hall–Kier alpha value is -2.04. The molecule has 1 unspecified atom stereocenters. The molecule has 132 valence electrons. The van der Waals surface area contributed by atoms with Gasteiger partial charge in [-0.25, -0.2) is 4.79 Å². The highest BCUT2D eigenvalue weighted by molar-refractivity contribution is 5.74. The first-order valence-corrected chi connectivity index (χ1v) is 8.78. The largest absolute Gasteiger partial charge is 0.356 e. The van der Waals surface area contributed by atoms with Gasteiger partial charge in [-0.2, -0.15) is 0 Å². The standard InChI is InChI=1S/C19H29N3O2/c1-14-5-4-6-17(11-14)13-21-19(24)22-9-7-18(8-10-22)15(2)12-20-16(3)23/h4-6,11,15,18H,7-10,12-13H2,1-3H3,(H,20,23)(H,21,24). The lowest BCUT2D eigenvalue weighted by molar-refractivity contribution is -0.119. The summed E-state index contributed by atoms with van der Waals surface area (Å²) in [5, 5.41) is 5.90. The van der Waals surface area contributed by atoms with E-state index in [1.165, 1.54) is 5.56 Å². The van der Waals surface area contributed by atoms with Crippen molar-refractivity contribution in [1.29, 1.82) is 0 Å². The van der Waals surface area contributed by atoms with Crippen LogP contribution < -0.4 is 10.6 Å². The summed E-state index contributed by atoms with van der Waals surface area (Å²) >= 11 is 0. The Morgan fingerprint density at radius 3 is 2.58 bits per heavy atom. The first kappa shape index (κ1) is 18.3. The van der Waals surface area contributed by atoms with Crippen molar-refractivity contribution >= 4 is 11.9 Å².